The van der Waals surface area contributed by atoms with Gasteiger partial charge in [0.25, 0.3) is 5.91 Å². The second-order valence-electron chi connectivity index (χ2n) is 7.57. The van der Waals surface area contributed by atoms with Crippen LogP contribution < -0.4 is 10.5 Å². The van der Waals surface area contributed by atoms with Crippen molar-refractivity contribution in [3.8, 4) is 5.75 Å². The fourth-order valence-corrected chi connectivity index (χ4v) is 4.21. The summed E-state index contributed by atoms with van der Waals surface area (Å²) in [6, 6.07) is 14.7. The minimum atomic E-state index is -2.87. The molecular formula is C23H22F2N4O3S. The maximum absolute atomic E-state index is 13.4. The van der Waals surface area contributed by atoms with Crippen molar-refractivity contribution in [1.29, 1.82) is 0 Å². The molecule has 0 aliphatic carbocycles. The molecule has 2 aromatic carbocycles. The highest BCUT2D eigenvalue weighted by atomic mass is 32.2. The number of hydrogen-bond acceptors (Lipinski definition) is 6. The van der Waals surface area contributed by atoms with Crippen LogP contribution in [0.4, 0.5) is 8.78 Å². The number of likely N-dealkylation sites (tertiary alicyclic amines) is 1. The zero-order valence-corrected chi connectivity index (χ0v) is 18.4. The predicted octanol–water partition coefficient (Wildman–Crippen LogP) is 3.39. The van der Waals surface area contributed by atoms with E-state index in [4.69, 9.17) is 5.73 Å². The number of amides is 2. The largest absolute Gasteiger partial charge is 0.435 e. The molecule has 2 N–H and O–H groups in total. The Labute approximate surface area is 194 Å². The molecule has 2 amide bonds. The Hall–Kier alpha value is -3.40. The van der Waals surface area contributed by atoms with Crippen molar-refractivity contribution >= 4 is 30.0 Å². The van der Waals surface area contributed by atoms with Crippen LogP contribution in [0.3, 0.4) is 0 Å². The summed E-state index contributed by atoms with van der Waals surface area (Å²) in [5.41, 5.74) is 8.18. The van der Waals surface area contributed by atoms with Crippen LogP contribution in [-0.4, -0.2) is 54.1 Å². The highest BCUT2D eigenvalue weighted by Gasteiger charge is 2.39. The third-order valence-electron chi connectivity index (χ3n) is 5.41. The first-order chi connectivity index (χ1) is 15.9. The van der Waals surface area contributed by atoms with Gasteiger partial charge in [0.1, 0.15) is 11.8 Å². The fraction of sp³-hybridized carbons (Fsp3) is 0.261. The molecule has 10 heteroatoms. The number of nitrogens with two attached hydrogens (primary N) is 1. The number of halogens is 2. The molecular weight excluding hydrogens is 450 g/mol. The van der Waals surface area contributed by atoms with Crippen molar-refractivity contribution in [2.45, 2.75) is 24.0 Å². The Bertz CT molecular complexity index is 1080. The minimum absolute atomic E-state index is 0.0412. The van der Waals surface area contributed by atoms with Gasteiger partial charge in [0.05, 0.1) is 6.54 Å². The van der Waals surface area contributed by atoms with Gasteiger partial charge in [-0.15, -0.1) is 0 Å². The molecule has 1 atom stereocenters. The summed E-state index contributed by atoms with van der Waals surface area (Å²) in [6.07, 6.45) is 2.05. The molecule has 4 rings (SSSR count). The fourth-order valence-electron chi connectivity index (χ4n) is 3.65. The van der Waals surface area contributed by atoms with Gasteiger partial charge < -0.3 is 20.3 Å². The van der Waals surface area contributed by atoms with E-state index in [-0.39, 0.29) is 24.1 Å². The standard InChI is InChI=1S/C23H22F2N4O3S/c24-23(25)32-17-6-8-18(9-7-17)33-27-12-16-13-28(14-19(16)26)22(31)21(29-11-10-20(29)30)15-4-2-1-3-5-15/h1-9,12,21,23H,10-11,13-14,26H2/b27-12+. The van der Waals surface area contributed by atoms with E-state index in [0.29, 0.717) is 25.2 Å². The molecule has 2 heterocycles. The first kappa shape index (κ1) is 22.8. The SMILES string of the molecule is NC1=C(/C=N/Sc2ccc(OC(F)F)cc2)CN(C(=O)C(c2ccccc2)N2CCC2=O)C1. The first-order valence-electron chi connectivity index (χ1n) is 10.3. The summed E-state index contributed by atoms with van der Waals surface area (Å²) < 4.78 is 33.1. The van der Waals surface area contributed by atoms with Gasteiger partial charge in [-0.3, -0.25) is 9.59 Å². The Morgan fingerprint density at radius 3 is 2.45 bits per heavy atom. The molecule has 2 aliphatic rings. The molecule has 0 radical (unpaired) electrons. The van der Waals surface area contributed by atoms with Crippen molar-refractivity contribution < 1.29 is 23.1 Å². The second kappa shape index (κ2) is 10.0. The van der Waals surface area contributed by atoms with Crippen molar-refractivity contribution in [1.82, 2.24) is 9.80 Å². The summed E-state index contributed by atoms with van der Waals surface area (Å²) in [5, 5.41) is 0. The molecule has 172 valence electrons. The normalized spacial score (nSPS) is 17.1. The smallest absolute Gasteiger partial charge is 0.387 e. The molecule has 2 aliphatic heterocycles. The highest BCUT2D eigenvalue weighted by Crippen LogP contribution is 2.30. The van der Waals surface area contributed by atoms with Crippen molar-refractivity contribution in [2.24, 2.45) is 10.1 Å². The summed E-state index contributed by atoms with van der Waals surface area (Å²) in [4.78, 5) is 29.4. The summed E-state index contributed by atoms with van der Waals surface area (Å²) in [7, 11) is 0. The van der Waals surface area contributed by atoms with Gasteiger partial charge >= 0.3 is 6.61 Å². The lowest BCUT2D eigenvalue weighted by atomic mass is 10.00. The Kier molecular flexibility index (Phi) is 6.93. The van der Waals surface area contributed by atoms with Gasteiger partial charge in [-0.05, 0) is 29.8 Å². The van der Waals surface area contributed by atoms with E-state index in [1.807, 2.05) is 30.3 Å². The van der Waals surface area contributed by atoms with Crippen molar-refractivity contribution in [2.75, 3.05) is 19.6 Å². The molecule has 1 unspecified atom stereocenters. The van der Waals surface area contributed by atoms with Gasteiger partial charge in [0, 0.05) is 53.8 Å². The third kappa shape index (κ3) is 5.33. The summed E-state index contributed by atoms with van der Waals surface area (Å²) in [6.45, 7) is -1.77. The van der Waals surface area contributed by atoms with E-state index in [0.717, 1.165) is 28.0 Å². The van der Waals surface area contributed by atoms with Gasteiger partial charge in [0.2, 0.25) is 5.91 Å². The highest BCUT2D eigenvalue weighted by molar-refractivity contribution is 7.98. The van der Waals surface area contributed by atoms with Crippen LogP contribution >= 0.6 is 11.9 Å². The molecule has 1 fully saturated rings. The van der Waals surface area contributed by atoms with E-state index >= 15 is 0 Å². The molecule has 0 aromatic heterocycles. The number of benzene rings is 2. The third-order valence-corrected chi connectivity index (χ3v) is 6.10. The van der Waals surface area contributed by atoms with Gasteiger partial charge in [-0.2, -0.15) is 8.78 Å². The first-order valence-corrected chi connectivity index (χ1v) is 11.1. The van der Waals surface area contributed by atoms with E-state index in [2.05, 4.69) is 9.13 Å². The number of rotatable bonds is 8. The van der Waals surface area contributed by atoms with E-state index < -0.39 is 12.7 Å². The van der Waals surface area contributed by atoms with Gasteiger partial charge in [0.15, 0.2) is 0 Å². The number of nitrogens with zero attached hydrogens (tertiary/aromatic N) is 3. The molecule has 1 saturated heterocycles. The molecule has 7 nitrogen and oxygen atoms in total. The minimum Gasteiger partial charge on any atom is -0.435 e. The van der Waals surface area contributed by atoms with Crippen LogP contribution in [-0.2, 0) is 9.59 Å². The Morgan fingerprint density at radius 2 is 1.85 bits per heavy atom. The van der Waals surface area contributed by atoms with Crippen LogP contribution in [0.5, 0.6) is 5.75 Å². The maximum Gasteiger partial charge on any atom is 0.387 e. The second-order valence-corrected chi connectivity index (χ2v) is 8.44. The van der Waals surface area contributed by atoms with Crippen molar-refractivity contribution in [3.05, 3.63) is 71.4 Å². The summed E-state index contributed by atoms with van der Waals surface area (Å²) >= 11 is 1.15. The van der Waals surface area contributed by atoms with Crippen LogP contribution in [0.2, 0.25) is 0 Å². The molecule has 2 aromatic rings. The number of carbonyl (C=O) groups excluding carboxylic acids is 2. The van der Waals surface area contributed by atoms with Crippen LogP contribution in [0.25, 0.3) is 0 Å². The van der Waals surface area contributed by atoms with Crippen molar-refractivity contribution in [3.63, 3.8) is 0 Å². The molecule has 0 spiro atoms. The lowest BCUT2D eigenvalue weighted by Gasteiger charge is -2.39. The lowest BCUT2D eigenvalue weighted by molar-refractivity contribution is -0.152. The monoisotopic (exact) mass is 472 g/mol. The van der Waals surface area contributed by atoms with Gasteiger partial charge in [-0.25, -0.2) is 4.40 Å². The Morgan fingerprint density at radius 1 is 1.12 bits per heavy atom. The predicted molar refractivity (Wildman–Crippen MR) is 121 cm³/mol. The Balaban J connectivity index is 1.39. The molecule has 0 bridgehead atoms. The average Bonchev–Trinajstić information content (AvgIpc) is 3.17. The zero-order chi connectivity index (χ0) is 23.4. The number of alkyl halides is 2. The molecule has 0 saturated carbocycles. The quantitative estimate of drug-likeness (QED) is 0.362. The summed E-state index contributed by atoms with van der Waals surface area (Å²) in [5.74, 6) is -0.146. The average molecular weight is 473 g/mol. The zero-order valence-electron chi connectivity index (χ0n) is 17.6. The maximum atomic E-state index is 13.4. The van der Waals surface area contributed by atoms with E-state index in [1.54, 1.807) is 28.1 Å². The van der Waals surface area contributed by atoms with Gasteiger partial charge in [-0.1, -0.05) is 30.3 Å². The number of β-lactam (4-membered cyclic amide) rings is 1. The number of carbonyl (C=O) groups is 2. The lowest BCUT2D eigenvalue weighted by Crippen LogP contribution is -2.51. The van der Waals surface area contributed by atoms with Crippen LogP contribution in [0.1, 0.15) is 18.0 Å². The van der Waals surface area contributed by atoms with E-state index in [1.165, 1.54) is 12.1 Å². The number of hydrogen-bond donors (Lipinski definition) is 1. The topological polar surface area (TPSA) is 88.2 Å². The van der Waals surface area contributed by atoms with Crippen LogP contribution in [0.15, 0.2) is 75.2 Å². The van der Waals surface area contributed by atoms with E-state index in [9.17, 15) is 18.4 Å². The molecule has 33 heavy (non-hydrogen) atoms. The van der Waals surface area contributed by atoms with Crippen LogP contribution in [0, 0.1) is 0 Å². The number of ether oxygens (including phenoxy) is 1.